The fourth-order valence-electron chi connectivity index (χ4n) is 3.21. The Labute approximate surface area is 152 Å². The van der Waals surface area contributed by atoms with E-state index < -0.39 is 0 Å². The van der Waals surface area contributed by atoms with Crippen LogP contribution in [0.5, 0.6) is 5.75 Å². The molecule has 4 rings (SSSR count). The highest BCUT2D eigenvalue weighted by Crippen LogP contribution is 2.26. The Morgan fingerprint density at radius 1 is 0.923 bits per heavy atom. The molecule has 0 unspecified atom stereocenters. The molecule has 132 valence electrons. The zero-order chi connectivity index (χ0) is 17.8. The van der Waals surface area contributed by atoms with Gasteiger partial charge < -0.3 is 15.7 Å². The van der Waals surface area contributed by atoms with Gasteiger partial charge in [-0.2, -0.15) is 4.98 Å². The number of anilines is 3. The summed E-state index contributed by atoms with van der Waals surface area (Å²) in [6.07, 6.45) is 6.53. The Kier molecular flexibility index (Phi) is 4.64. The number of rotatable bonds is 5. The lowest BCUT2D eigenvalue weighted by atomic mass is 10.2. The molecule has 0 saturated heterocycles. The summed E-state index contributed by atoms with van der Waals surface area (Å²) in [6.45, 7) is 0. The standard InChI is InChI=1S/C20H21N5O/c26-16-9-5-8-15(12-16)22-19-13-18(17-10-3-4-11-21-17)24-20(25-19)23-14-6-1-2-7-14/h3-5,8-14,26H,1-2,6-7H2,(H2,22,23,24,25). The lowest BCUT2D eigenvalue weighted by Crippen LogP contribution is -2.17. The Balaban J connectivity index is 1.67. The first kappa shape index (κ1) is 16.3. The van der Waals surface area contributed by atoms with E-state index in [2.05, 4.69) is 25.6 Å². The molecule has 0 spiro atoms. The Bertz CT molecular complexity index is 878. The van der Waals surface area contributed by atoms with Gasteiger partial charge in [0.2, 0.25) is 5.95 Å². The van der Waals surface area contributed by atoms with Gasteiger partial charge in [-0.15, -0.1) is 0 Å². The summed E-state index contributed by atoms with van der Waals surface area (Å²) < 4.78 is 0. The van der Waals surface area contributed by atoms with E-state index in [-0.39, 0.29) is 5.75 Å². The van der Waals surface area contributed by atoms with Crippen LogP contribution in [0, 0.1) is 0 Å². The number of aromatic hydroxyl groups is 1. The second-order valence-corrected chi connectivity index (χ2v) is 6.48. The Morgan fingerprint density at radius 3 is 2.58 bits per heavy atom. The molecule has 1 fully saturated rings. The molecule has 6 nitrogen and oxygen atoms in total. The highest BCUT2D eigenvalue weighted by atomic mass is 16.3. The van der Waals surface area contributed by atoms with Crippen LogP contribution in [0.4, 0.5) is 17.5 Å². The summed E-state index contributed by atoms with van der Waals surface area (Å²) in [5, 5.41) is 16.4. The van der Waals surface area contributed by atoms with Gasteiger partial charge in [-0.05, 0) is 37.1 Å². The van der Waals surface area contributed by atoms with Crippen LogP contribution >= 0.6 is 0 Å². The zero-order valence-corrected chi connectivity index (χ0v) is 14.4. The molecule has 1 aliphatic rings. The number of nitrogens with one attached hydrogen (secondary N) is 2. The van der Waals surface area contributed by atoms with Crippen molar-refractivity contribution in [2.45, 2.75) is 31.7 Å². The second kappa shape index (κ2) is 7.39. The summed E-state index contributed by atoms with van der Waals surface area (Å²) in [4.78, 5) is 13.7. The van der Waals surface area contributed by atoms with Crippen molar-refractivity contribution in [1.82, 2.24) is 15.0 Å². The van der Waals surface area contributed by atoms with Crippen molar-refractivity contribution in [2.24, 2.45) is 0 Å². The SMILES string of the molecule is Oc1cccc(Nc2cc(-c3ccccn3)nc(NC3CCCC3)n2)c1. The molecular formula is C20H21N5O. The average molecular weight is 347 g/mol. The van der Waals surface area contributed by atoms with E-state index in [1.807, 2.05) is 30.3 Å². The number of aromatic nitrogens is 3. The van der Waals surface area contributed by atoms with Gasteiger partial charge in [0, 0.05) is 30.1 Å². The van der Waals surface area contributed by atoms with Crippen molar-refractivity contribution in [3.8, 4) is 17.1 Å². The number of hydrogen-bond donors (Lipinski definition) is 3. The summed E-state index contributed by atoms with van der Waals surface area (Å²) in [5.41, 5.74) is 2.31. The van der Waals surface area contributed by atoms with E-state index in [1.165, 1.54) is 12.8 Å². The summed E-state index contributed by atoms with van der Waals surface area (Å²) in [5.74, 6) is 1.47. The predicted octanol–water partition coefficient (Wildman–Crippen LogP) is 4.34. The van der Waals surface area contributed by atoms with E-state index >= 15 is 0 Å². The number of phenols is 1. The number of pyridine rings is 1. The molecule has 1 saturated carbocycles. The molecule has 6 heteroatoms. The Hall–Kier alpha value is -3.15. The molecule has 3 aromatic rings. The van der Waals surface area contributed by atoms with Crippen LogP contribution in [0.1, 0.15) is 25.7 Å². The summed E-state index contributed by atoms with van der Waals surface area (Å²) in [6, 6.07) is 15.0. The van der Waals surface area contributed by atoms with Gasteiger partial charge in [0.25, 0.3) is 0 Å². The van der Waals surface area contributed by atoms with Crippen LogP contribution in [0.15, 0.2) is 54.7 Å². The van der Waals surface area contributed by atoms with Gasteiger partial charge in [0.05, 0.1) is 11.4 Å². The molecule has 0 aliphatic heterocycles. The average Bonchev–Trinajstić information content (AvgIpc) is 3.15. The highest BCUT2D eigenvalue weighted by molar-refractivity contribution is 5.65. The van der Waals surface area contributed by atoms with Crippen molar-refractivity contribution in [3.63, 3.8) is 0 Å². The van der Waals surface area contributed by atoms with Crippen molar-refractivity contribution in [3.05, 3.63) is 54.7 Å². The quantitative estimate of drug-likeness (QED) is 0.637. The monoisotopic (exact) mass is 347 g/mol. The van der Waals surface area contributed by atoms with Crippen molar-refractivity contribution < 1.29 is 5.11 Å². The molecular weight excluding hydrogens is 326 g/mol. The van der Waals surface area contributed by atoms with Gasteiger partial charge in [0.1, 0.15) is 11.6 Å². The van der Waals surface area contributed by atoms with Crippen LogP contribution in [-0.2, 0) is 0 Å². The lowest BCUT2D eigenvalue weighted by molar-refractivity contribution is 0.475. The molecule has 0 radical (unpaired) electrons. The minimum absolute atomic E-state index is 0.207. The van der Waals surface area contributed by atoms with Crippen LogP contribution in [0.25, 0.3) is 11.4 Å². The minimum Gasteiger partial charge on any atom is -0.508 e. The maximum Gasteiger partial charge on any atom is 0.225 e. The van der Waals surface area contributed by atoms with E-state index in [4.69, 9.17) is 0 Å². The third-order valence-electron chi connectivity index (χ3n) is 4.46. The van der Waals surface area contributed by atoms with E-state index in [9.17, 15) is 5.11 Å². The molecule has 2 heterocycles. The smallest absolute Gasteiger partial charge is 0.225 e. The van der Waals surface area contributed by atoms with Crippen LogP contribution < -0.4 is 10.6 Å². The third kappa shape index (κ3) is 3.91. The maximum atomic E-state index is 9.67. The van der Waals surface area contributed by atoms with E-state index in [0.29, 0.717) is 17.8 Å². The predicted molar refractivity (Wildman–Crippen MR) is 103 cm³/mol. The zero-order valence-electron chi connectivity index (χ0n) is 14.4. The molecule has 3 N–H and O–H groups in total. The fraction of sp³-hybridized carbons (Fsp3) is 0.250. The molecule has 0 bridgehead atoms. The maximum absolute atomic E-state index is 9.67. The van der Waals surface area contributed by atoms with Crippen LogP contribution in [0.2, 0.25) is 0 Å². The number of nitrogens with zero attached hydrogens (tertiary/aromatic N) is 3. The lowest BCUT2D eigenvalue weighted by Gasteiger charge is -2.15. The minimum atomic E-state index is 0.207. The first-order chi connectivity index (χ1) is 12.8. The van der Waals surface area contributed by atoms with Crippen molar-refractivity contribution >= 4 is 17.5 Å². The van der Waals surface area contributed by atoms with Crippen molar-refractivity contribution in [1.29, 1.82) is 0 Å². The first-order valence-corrected chi connectivity index (χ1v) is 8.89. The molecule has 1 aliphatic carbocycles. The fourth-order valence-corrected chi connectivity index (χ4v) is 3.21. The van der Waals surface area contributed by atoms with Crippen molar-refractivity contribution in [2.75, 3.05) is 10.6 Å². The summed E-state index contributed by atoms with van der Waals surface area (Å²) in [7, 11) is 0. The van der Waals surface area contributed by atoms with Gasteiger partial charge in [-0.25, -0.2) is 4.98 Å². The van der Waals surface area contributed by atoms with Gasteiger partial charge in [-0.1, -0.05) is 25.0 Å². The molecule has 0 atom stereocenters. The third-order valence-corrected chi connectivity index (χ3v) is 4.46. The van der Waals surface area contributed by atoms with Crippen LogP contribution in [0.3, 0.4) is 0 Å². The molecule has 26 heavy (non-hydrogen) atoms. The van der Waals surface area contributed by atoms with Gasteiger partial charge in [0.15, 0.2) is 0 Å². The number of phenolic OH excluding ortho intramolecular Hbond substituents is 1. The van der Waals surface area contributed by atoms with E-state index in [1.54, 1.807) is 24.4 Å². The number of benzene rings is 1. The topological polar surface area (TPSA) is 83.0 Å². The van der Waals surface area contributed by atoms with E-state index in [0.717, 1.165) is 29.9 Å². The van der Waals surface area contributed by atoms with Gasteiger partial charge in [-0.3, -0.25) is 4.98 Å². The Morgan fingerprint density at radius 2 is 1.81 bits per heavy atom. The second-order valence-electron chi connectivity index (χ2n) is 6.48. The molecule has 2 aromatic heterocycles. The first-order valence-electron chi connectivity index (χ1n) is 8.89. The highest BCUT2D eigenvalue weighted by Gasteiger charge is 2.17. The normalized spacial score (nSPS) is 14.3. The van der Waals surface area contributed by atoms with Crippen LogP contribution in [-0.4, -0.2) is 26.1 Å². The number of hydrogen-bond acceptors (Lipinski definition) is 6. The molecule has 1 aromatic carbocycles. The van der Waals surface area contributed by atoms with Gasteiger partial charge >= 0.3 is 0 Å². The molecule has 0 amide bonds. The largest absolute Gasteiger partial charge is 0.508 e. The summed E-state index contributed by atoms with van der Waals surface area (Å²) >= 11 is 0.